The van der Waals surface area contributed by atoms with Gasteiger partial charge in [-0.2, -0.15) is 0 Å². The van der Waals surface area contributed by atoms with E-state index in [9.17, 15) is 14.0 Å². The predicted molar refractivity (Wildman–Crippen MR) is 128 cm³/mol. The topological polar surface area (TPSA) is 93.3 Å². The summed E-state index contributed by atoms with van der Waals surface area (Å²) in [6.45, 7) is 0.270. The zero-order chi connectivity index (χ0) is 23.7. The molecule has 5 aromatic rings. The fourth-order valence-electron chi connectivity index (χ4n) is 3.89. The van der Waals surface area contributed by atoms with Crippen LogP contribution >= 0.6 is 0 Å². The van der Waals surface area contributed by atoms with Gasteiger partial charge in [-0.05, 0) is 35.9 Å². The summed E-state index contributed by atoms with van der Waals surface area (Å²) in [5, 5.41) is 14.8. The Kier molecular flexibility index (Phi) is 5.51. The number of anilines is 2. The van der Waals surface area contributed by atoms with Crippen molar-refractivity contribution < 1.29 is 9.18 Å². The molecule has 0 radical (unpaired) electrons. The molecule has 0 unspecified atom stereocenters. The van der Waals surface area contributed by atoms with Gasteiger partial charge in [0.25, 0.3) is 5.56 Å². The van der Waals surface area contributed by atoms with Crippen LogP contribution in [-0.2, 0) is 24.8 Å². The summed E-state index contributed by atoms with van der Waals surface area (Å²) in [4.78, 5) is 25.0. The largest absolute Gasteiger partial charge is 0.378 e. The van der Waals surface area contributed by atoms with Crippen molar-refractivity contribution in [2.24, 2.45) is 7.05 Å². The number of aryl methyl sites for hydroxylation is 1. The van der Waals surface area contributed by atoms with Gasteiger partial charge >= 0.3 is 0 Å². The summed E-state index contributed by atoms with van der Waals surface area (Å²) in [5.74, 6) is 0.174. The number of benzene rings is 3. The van der Waals surface area contributed by atoms with Crippen LogP contribution in [0.25, 0.3) is 16.7 Å². The molecular weight excluding hydrogens is 435 g/mol. The number of fused-ring (bicyclic) bond motifs is 3. The molecule has 0 bridgehead atoms. The predicted octanol–water partition coefficient (Wildman–Crippen LogP) is 3.51. The van der Waals surface area contributed by atoms with Gasteiger partial charge in [-0.25, -0.2) is 4.39 Å². The van der Waals surface area contributed by atoms with E-state index < -0.39 is 5.82 Å². The Labute approximate surface area is 193 Å². The van der Waals surface area contributed by atoms with Gasteiger partial charge in [-0.3, -0.25) is 18.6 Å². The molecule has 2 heterocycles. The minimum atomic E-state index is -0.527. The van der Waals surface area contributed by atoms with Crippen LogP contribution in [0.4, 0.5) is 15.8 Å². The highest BCUT2D eigenvalue weighted by Gasteiger charge is 2.15. The molecule has 0 aliphatic carbocycles. The van der Waals surface area contributed by atoms with E-state index in [1.54, 1.807) is 19.2 Å². The molecule has 0 spiro atoms. The Balaban J connectivity index is 1.38. The summed E-state index contributed by atoms with van der Waals surface area (Å²) in [6, 6.07) is 20.9. The maximum Gasteiger partial charge on any atom is 0.262 e. The quantitative estimate of drug-likeness (QED) is 0.408. The first-order chi connectivity index (χ1) is 16.5. The molecule has 9 heteroatoms. The fraction of sp³-hybridized carbons (Fsp3) is 0.120. The average molecular weight is 456 g/mol. The number of halogens is 1. The lowest BCUT2D eigenvalue weighted by Gasteiger charge is -2.11. The number of hydrogen-bond acceptors (Lipinski definition) is 5. The molecule has 0 fully saturated rings. The van der Waals surface area contributed by atoms with Crippen molar-refractivity contribution in [2.75, 3.05) is 10.6 Å². The van der Waals surface area contributed by atoms with Crippen molar-refractivity contribution in [2.45, 2.75) is 13.0 Å². The van der Waals surface area contributed by atoms with Gasteiger partial charge in [-0.1, -0.05) is 42.5 Å². The first kappa shape index (κ1) is 21.3. The number of nitrogens with one attached hydrogen (secondary N) is 2. The second-order valence-electron chi connectivity index (χ2n) is 7.89. The van der Waals surface area contributed by atoms with E-state index in [0.29, 0.717) is 28.2 Å². The number of carbonyl (C=O) groups is 1. The van der Waals surface area contributed by atoms with Crippen LogP contribution in [0.2, 0.25) is 0 Å². The smallest absolute Gasteiger partial charge is 0.262 e. The molecule has 3 aromatic carbocycles. The van der Waals surface area contributed by atoms with Crippen LogP contribution in [0, 0.1) is 5.82 Å². The molecule has 8 nitrogen and oxygen atoms in total. The number of aromatic nitrogens is 4. The van der Waals surface area contributed by atoms with E-state index in [1.807, 2.05) is 52.9 Å². The Morgan fingerprint density at radius 2 is 1.76 bits per heavy atom. The van der Waals surface area contributed by atoms with Crippen LogP contribution in [0.3, 0.4) is 0 Å². The van der Waals surface area contributed by atoms with Crippen LogP contribution in [-0.4, -0.2) is 25.1 Å². The lowest BCUT2D eigenvalue weighted by Crippen LogP contribution is -2.20. The normalized spacial score (nSPS) is 11.1. The van der Waals surface area contributed by atoms with Gasteiger partial charge in [0, 0.05) is 12.7 Å². The van der Waals surface area contributed by atoms with Crippen LogP contribution in [0.1, 0.15) is 11.4 Å². The number of carbonyl (C=O) groups excluding carboxylic acids is 1. The maximum atomic E-state index is 14.3. The standard InChI is InChI=1S/C25H21FN6O2/c1-31-24(34)18-9-5-6-10-21(18)32-22(29-30-25(31)32)15-27-17-11-12-19(26)20(14-17)28-23(33)13-16-7-3-2-4-8-16/h2-12,14,27H,13,15H2,1H3,(H,28,33). The first-order valence-electron chi connectivity index (χ1n) is 10.7. The van der Waals surface area contributed by atoms with Crippen molar-refractivity contribution in [1.29, 1.82) is 0 Å². The zero-order valence-corrected chi connectivity index (χ0v) is 18.3. The van der Waals surface area contributed by atoms with E-state index in [2.05, 4.69) is 20.8 Å². The third-order valence-electron chi connectivity index (χ3n) is 5.59. The van der Waals surface area contributed by atoms with Crippen LogP contribution in [0.15, 0.2) is 77.6 Å². The first-order valence-corrected chi connectivity index (χ1v) is 10.7. The summed E-state index contributed by atoms with van der Waals surface area (Å²) in [5.41, 5.74) is 2.09. The van der Waals surface area contributed by atoms with Crippen molar-refractivity contribution in [1.82, 2.24) is 19.2 Å². The minimum Gasteiger partial charge on any atom is -0.378 e. The van der Waals surface area contributed by atoms with Gasteiger partial charge in [0.2, 0.25) is 11.7 Å². The van der Waals surface area contributed by atoms with Gasteiger partial charge in [-0.15, -0.1) is 10.2 Å². The fourth-order valence-corrected chi connectivity index (χ4v) is 3.89. The summed E-state index contributed by atoms with van der Waals surface area (Å²) < 4.78 is 17.6. The van der Waals surface area contributed by atoms with Gasteiger partial charge < -0.3 is 10.6 Å². The van der Waals surface area contributed by atoms with E-state index in [0.717, 1.165) is 5.56 Å². The highest BCUT2D eigenvalue weighted by atomic mass is 19.1. The Bertz CT molecular complexity index is 1580. The number of hydrogen-bond donors (Lipinski definition) is 2. The lowest BCUT2D eigenvalue weighted by atomic mass is 10.1. The minimum absolute atomic E-state index is 0.0879. The highest BCUT2D eigenvalue weighted by molar-refractivity contribution is 5.92. The number of para-hydroxylation sites is 1. The highest BCUT2D eigenvalue weighted by Crippen LogP contribution is 2.21. The average Bonchev–Trinajstić information content (AvgIpc) is 3.28. The molecule has 1 amide bonds. The SMILES string of the molecule is Cn1c(=O)c2ccccc2n2c(CNc3ccc(F)c(NC(=O)Cc4ccccc4)c3)nnc12. The molecule has 2 N–H and O–H groups in total. The summed E-state index contributed by atoms with van der Waals surface area (Å²) >= 11 is 0. The second kappa shape index (κ2) is 8.78. The number of nitrogens with zero attached hydrogens (tertiary/aromatic N) is 4. The second-order valence-corrected chi connectivity index (χ2v) is 7.89. The lowest BCUT2D eigenvalue weighted by molar-refractivity contribution is -0.115. The third kappa shape index (κ3) is 3.99. The molecular formula is C25H21FN6O2. The van der Waals surface area contributed by atoms with Crippen molar-refractivity contribution in [3.8, 4) is 0 Å². The third-order valence-corrected chi connectivity index (χ3v) is 5.59. The maximum absolute atomic E-state index is 14.3. The Hall–Kier alpha value is -4.53. The number of amides is 1. The van der Waals surface area contributed by atoms with Crippen molar-refractivity contribution in [3.05, 3.63) is 100 Å². The molecule has 0 aliphatic rings. The van der Waals surface area contributed by atoms with Gasteiger partial charge in [0.05, 0.1) is 29.6 Å². The molecule has 0 aliphatic heterocycles. The zero-order valence-electron chi connectivity index (χ0n) is 18.3. The number of rotatable bonds is 6. The monoisotopic (exact) mass is 456 g/mol. The van der Waals surface area contributed by atoms with Crippen LogP contribution in [0.5, 0.6) is 0 Å². The summed E-state index contributed by atoms with van der Waals surface area (Å²) in [6.07, 6.45) is 0.148. The Morgan fingerprint density at radius 3 is 2.59 bits per heavy atom. The van der Waals surface area contributed by atoms with Crippen molar-refractivity contribution >= 4 is 34.0 Å². The molecule has 170 valence electrons. The molecule has 0 saturated heterocycles. The van der Waals surface area contributed by atoms with Gasteiger partial charge in [0.15, 0.2) is 5.82 Å². The molecule has 0 atom stereocenters. The molecule has 2 aromatic heterocycles. The molecule has 0 saturated carbocycles. The Morgan fingerprint density at radius 1 is 1.00 bits per heavy atom. The van der Waals surface area contributed by atoms with E-state index in [4.69, 9.17) is 0 Å². The van der Waals surface area contributed by atoms with E-state index in [-0.39, 0.29) is 30.1 Å². The van der Waals surface area contributed by atoms with E-state index >= 15 is 0 Å². The summed E-state index contributed by atoms with van der Waals surface area (Å²) in [7, 11) is 1.65. The molecule has 5 rings (SSSR count). The van der Waals surface area contributed by atoms with Crippen LogP contribution < -0.4 is 16.2 Å². The van der Waals surface area contributed by atoms with Crippen molar-refractivity contribution in [3.63, 3.8) is 0 Å². The van der Waals surface area contributed by atoms with E-state index in [1.165, 1.54) is 16.7 Å². The van der Waals surface area contributed by atoms with Gasteiger partial charge in [0.1, 0.15) is 5.82 Å². The molecule has 34 heavy (non-hydrogen) atoms.